The number of aliphatic hydroxyl groups is 3. The van der Waals surface area contributed by atoms with E-state index in [0.29, 0.717) is 34.3 Å². The minimum Gasteiger partial charge on any atom is -0.493 e. The summed E-state index contributed by atoms with van der Waals surface area (Å²) >= 11 is 0. The van der Waals surface area contributed by atoms with Crippen LogP contribution in [0.25, 0.3) is 0 Å². The van der Waals surface area contributed by atoms with Crippen molar-refractivity contribution < 1.29 is 39.0 Å². The number of fused-ring (bicyclic) bond motifs is 2. The molecule has 8 heteroatoms. The smallest absolute Gasteiger partial charge is 0.231 e. The molecule has 2 aromatic carbocycles. The number of aliphatic hydroxyl groups excluding tert-OH is 3. The zero-order valence-electron chi connectivity index (χ0n) is 17.1. The summed E-state index contributed by atoms with van der Waals surface area (Å²) in [6.07, 6.45) is -0.949. The first kappa shape index (κ1) is 20.6. The quantitative estimate of drug-likeness (QED) is 0.653. The highest BCUT2D eigenvalue weighted by atomic mass is 16.7. The Balaban J connectivity index is 1.95. The zero-order valence-corrected chi connectivity index (χ0v) is 17.1. The van der Waals surface area contributed by atoms with E-state index in [-0.39, 0.29) is 25.9 Å². The Bertz CT molecular complexity index is 903. The molecule has 0 amide bonds. The summed E-state index contributed by atoms with van der Waals surface area (Å²) in [5.74, 6) is 1.20. The van der Waals surface area contributed by atoms with Gasteiger partial charge in [-0.05, 0) is 41.0 Å². The average molecular weight is 418 g/mol. The summed E-state index contributed by atoms with van der Waals surface area (Å²) in [6.45, 7) is -0.394. The van der Waals surface area contributed by atoms with E-state index >= 15 is 0 Å². The third-order valence-electron chi connectivity index (χ3n) is 6.08. The van der Waals surface area contributed by atoms with Gasteiger partial charge in [0.1, 0.15) is 0 Å². The molecule has 0 aromatic heterocycles. The highest BCUT2D eigenvalue weighted by molar-refractivity contribution is 5.59. The van der Waals surface area contributed by atoms with Gasteiger partial charge in [0, 0.05) is 31.0 Å². The molecule has 162 valence electrons. The Labute approximate surface area is 174 Å². The summed E-state index contributed by atoms with van der Waals surface area (Å²) < 4.78 is 27.5. The number of benzene rings is 2. The van der Waals surface area contributed by atoms with Crippen molar-refractivity contribution in [1.29, 1.82) is 0 Å². The van der Waals surface area contributed by atoms with E-state index < -0.39 is 17.9 Å². The Morgan fingerprint density at radius 3 is 1.90 bits per heavy atom. The number of hydrogen-bond acceptors (Lipinski definition) is 8. The van der Waals surface area contributed by atoms with Crippen LogP contribution in [-0.2, 0) is 0 Å². The van der Waals surface area contributed by atoms with E-state index in [1.807, 2.05) is 18.2 Å². The lowest BCUT2D eigenvalue weighted by Gasteiger charge is -2.41. The van der Waals surface area contributed by atoms with Gasteiger partial charge in [0.25, 0.3) is 0 Å². The molecule has 0 bridgehead atoms. The van der Waals surface area contributed by atoms with Gasteiger partial charge < -0.3 is 39.0 Å². The van der Waals surface area contributed by atoms with Gasteiger partial charge in [0.15, 0.2) is 23.0 Å². The van der Waals surface area contributed by atoms with Crippen LogP contribution < -0.4 is 23.7 Å². The second-order valence-corrected chi connectivity index (χ2v) is 7.41. The highest BCUT2D eigenvalue weighted by Crippen LogP contribution is 2.53. The van der Waals surface area contributed by atoms with Gasteiger partial charge in [0.2, 0.25) is 12.5 Å². The van der Waals surface area contributed by atoms with Crippen LogP contribution in [-0.4, -0.2) is 56.7 Å². The summed E-state index contributed by atoms with van der Waals surface area (Å²) in [5, 5.41) is 31.2. The van der Waals surface area contributed by atoms with Crippen LogP contribution in [0, 0.1) is 11.8 Å². The second-order valence-electron chi connectivity index (χ2n) is 7.41. The summed E-state index contributed by atoms with van der Waals surface area (Å²) in [5.41, 5.74) is 2.24. The van der Waals surface area contributed by atoms with E-state index in [1.165, 1.54) is 21.3 Å². The molecule has 2 aromatic rings. The minimum atomic E-state index is -0.949. The average Bonchev–Trinajstić information content (AvgIpc) is 3.24. The van der Waals surface area contributed by atoms with E-state index in [0.717, 1.165) is 11.1 Å². The molecule has 4 atom stereocenters. The predicted octanol–water partition coefficient (Wildman–Crippen LogP) is 1.84. The fraction of sp³-hybridized carbons (Fsp3) is 0.455. The Kier molecular flexibility index (Phi) is 5.64. The normalized spacial score (nSPS) is 24.3. The molecule has 0 saturated carbocycles. The van der Waals surface area contributed by atoms with Crippen LogP contribution in [0.4, 0.5) is 0 Å². The standard InChI is InChI=1S/C22H26O8/c1-26-18-4-11(5-19(27-2)22(18)28-3)20-12-6-16-17(30-10-29-16)7-13(12)21(25)15(9-24)14(20)8-23/h4-7,14-15,20-21,23-25H,8-10H2,1-3H3/t14-,15-,20+,21+/m0/s1. The lowest BCUT2D eigenvalue weighted by Crippen LogP contribution is -2.38. The SMILES string of the molecule is COc1cc([C@@H]2c3cc4c(cc3[C@@H](O)[C@@H](CO)[C@@H]2CO)OCO4)cc(OC)c1OC. The molecular weight excluding hydrogens is 392 g/mol. The number of ether oxygens (including phenoxy) is 5. The molecule has 0 fully saturated rings. The van der Waals surface area contributed by atoms with Crippen LogP contribution in [0.5, 0.6) is 28.7 Å². The molecule has 1 aliphatic carbocycles. The Hall–Kier alpha value is -2.68. The van der Waals surface area contributed by atoms with E-state index in [4.69, 9.17) is 23.7 Å². The van der Waals surface area contributed by atoms with Crippen molar-refractivity contribution in [3.05, 3.63) is 41.0 Å². The molecule has 1 aliphatic heterocycles. The molecule has 8 nitrogen and oxygen atoms in total. The monoisotopic (exact) mass is 418 g/mol. The maximum absolute atomic E-state index is 11.0. The van der Waals surface area contributed by atoms with Gasteiger partial charge in [-0.2, -0.15) is 0 Å². The van der Waals surface area contributed by atoms with Crippen molar-refractivity contribution in [3.8, 4) is 28.7 Å². The molecule has 3 N–H and O–H groups in total. The van der Waals surface area contributed by atoms with Crippen LogP contribution in [0.2, 0.25) is 0 Å². The molecular formula is C22H26O8. The maximum Gasteiger partial charge on any atom is 0.231 e. The van der Waals surface area contributed by atoms with Crippen LogP contribution in [0.15, 0.2) is 24.3 Å². The van der Waals surface area contributed by atoms with Crippen molar-refractivity contribution >= 4 is 0 Å². The van der Waals surface area contributed by atoms with E-state index in [1.54, 1.807) is 6.07 Å². The lowest BCUT2D eigenvalue weighted by molar-refractivity contribution is -0.00425. The van der Waals surface area contributed by atoms with Gasteiger partial charge in [0.05, 0.1) is 27.4 Å². The van der Waals surface area contributed by atoms with Crippen molar-refractivity contribution in [3.63, 3.8) is 0 Å². The molecule has 1 heterocycles. The van der Waals surface area contributed by atoms with Gasteiger partial charge in [-0.15, -0.1) is 0 Å². The van der Waals surface area contributed by atoms with E-state index in [2.05, 4.69) is 0 Å². The summed E-state index contributed by atoms with van der Waals surface area (Å²) in [7, 11) is 4.61. The Morgan fingerprint density at radius 2 is 1.40 bits per heavy atom. The number of methoxy groups -OCH3 is 3. The molecule has 0 saturated heterocycles. The Morgan fingerprint density at radius 1 is 0.833 bits per heavy atom. The summed E-state index contributed by atoms with van der Waals surface area (Å²) in [4.78, 5) is 0. The zero-order chi connectivity index (χ0) is 21.4. The highest BCUT2D eigenvalue weighted by Gasteiger charge is 2.44. The molecule has 30 heavy (non-hydrogen) atoms. The first-order valence-electron chi connectivity index (χ1n) is 9.71. The van der Waals surface area contributed by atoms with Crippen LogP contribution in [0.1, 0.15) is 28.7 Å². The third kappa shape index (κ3) is 3.12. The first-order chi connectivity index (χ1) is 14.6. The van der Waals surface area contributed by atoms with Crippen molar-refractivity contribution in [2.45, 2.75) is 12.0 Å². The van der Waals surface area contributed by atoms with Crippen molar-refractivity contribution in [2.75, 3.05) is 41.3 Å². The fourth-order valence-corrected chi connectivity index (χ4v) is 4.63. The van der Waals surface area contributed by atoms with Gasteiger partial charge in [-0.3, -0.25) is 0 Å². The summed E-state index contributed by atoms with van der Waals surface area (Å²) in [6, 6.07) is 7.25. The topological polar surface area (TPSA) is 107 Å². The second kappa shape index (κ2) is 8.22. The molecule has 0 unspecified atom stereocenters. The van der Waals surface area contributed by atoms with Crippen LogP contribution in [0.3, 0.4) is 0 Å². The van der Waals surface area contributed by atoms with Gasteiger partial charge in [-0.25, -0.2) is 0 Å². The molecule has 4 rings (SSSR count). The largest absolute Gasteiger partial charge is 0.493 e. The van der Waals surface area contributed by atoms with Gasteiger partial charge >= 0.3 is 0 Å². The van der Waals surface area contributed by atoms with Gasteiger partial charge in [-0.1, -0.05) is 0 Å². The van der Waals surface area contributed by atoms with E-state index in [9.17, 15) is 15.3 Å². The van der Waals surface area contributed by atoms with Crippen LogP contribution >= 0.6 is 0 Å². The fourth-order valence-electron chi connectivity index (χ4n) is 4.63. The predicted molar refractivity (Wildman–Crippen MR) is 107 cm³/mol. The molecule has 0 spiro atoms. The molecule has 2 aliphatic rings. The minimum absolute atomic E-state index is 0.107. The van der Waals surface area contributed by atoms with Crippen molar-refractivity contribution in [2.24, 2.45) is 11.8 Å². The molecule has 0 radical (unpaired) electrons. The first-order valence-corrected chi connectivity index (χ1v) is 9.71. The third-order valence-corrected chi connectivity index (χ3v) is 6.08. The van der Waals surface area contributed by atoms with Crippen molar-refractivity contribution in [1.82, 2.24) is 0 Å². The lowest BCUT2D eigenvalue weighted by atomic mass is 9.65. The maximum atomic E-state index is 11.0. The number of rotatable bonds is 6. The number of hydrogen-bond donors (Lipinski definition) is 3.